The van der Waals surface area contributed by atoms with Gasteiger partial charge in [0.05, 0.1) is 12.1 Å². The zero-order valence-corrected chi connectivity index (χ0v) is 14.7. The molecule has 26 heavy (non-hydrogen) atoms. The van der Waals surface area contributed by atoms with E-state index in [9.17, 15) is 9.59 Å². The molecule has 0 radical (unpaired) electrons. The number of hydrogen-bond donors (Lipinski definition) is 0. The van der Waals surface area contributed by atoms with Crippen LogP contribution >= 0.6 is 0 Å². The molecule has 5 nitrogen and oxygen atoms in total. The second kappa shape index (κ2) is 6.48. The number of hydrogen-bond acceptors (Lipinski definition) is 4. The first-order valence-electron chi connectivity index (χ1n) is 8.87. The average Bonchev–Trinajstić information content (AvgIpc) is 2.92. The van der Waals surface area contributed by atoms with Gasteiger partial charge in [-0.05, 0) is 43.5 Å². The van der Waals surface area contributed by atoms with E-state index >= 15 is 0 Å². The molecular formula is C21H21NO4. The largest absolute Gasteiger partial charge is 0.484 e. The summed E-state index contributed by atoms with van der Waals surface area (Å²) in [5, 5.41) is 0. The predicted octanol–water partition coefficient (Wildman–Crippen LogP) is 3.06. The van der Waals surface area contributed by atoms with Gasteiger partial charge in [0.2, 0.25) is 0 Å². The predicted molar refractivity (Wildman–Crippen MR) is 96.0 cm³/mol. The van der Waals surface area contributed by atoms with Crippen molar-refractivity contribution in [2.75, 3.05) is 19.7 Å². The third-order valence-corrected chi connectivity index (χ3v) is 5.09. The van der Waals surface area contributed by atoms with Gasteiger partial charge in [0.15, 0.2) is 12.2 Å². The Morgan fingerprint density at radius 2 is 2.08 bits per heavy atom. The van der Waals surface area contributed by atoms with E-state index in [4.69, 9.17) is 9.47 Å². The number of ether oxygens (including phenoxy) is 2. The smallest absolute Gasteiger partial charge is 0.339 e. The molecule has 2 aromatic carbocycles. The normalized spacial score (nSPS) is 21.4. The first kappa shape index (κ1) is 16.6. The maximum atomic E-state index is 12.7. The third kappa shape index (κ3) is 2.94. The van der Waals surface area contributed by atoms with Crippen molar-refractivity contribution in [3.05, 3.63) is 65.2 Å². The Balaban J connectivity index is 1.47. The molecule has 0 aromatic heterocycles. The molecule has 1 saturated heterocycles. The number of amides is 1. The van der Waals surface area contributed by atoms with Crippen molar-refractivity contribution in [1.82, 2.24) is 4.90 Å². The number of fused-ring (bicyclic) bond motifs is 2. The van der Waals surface area contributed by atoms with Crippen LogP contribution in [0.2, 0.25) is 0 Å². The maximum Gasteiger partial charge on any atom is 0.339 e. The van der Waals surface area contributed by atoms with E-state index in [0.717, 1.165) is 24.0 Å². The highest BCUT2D eigenvalue weighted by atomic mass is 16.6. The highest BCUT2D eigenvalue weighted by Crippen LogP contribution is 2.42. The molecule has 0 bridgehead atoms. The molecule has 134 valence electrons. The van der Waals surface area contributed by atoms with Crippen molar-refractivity contribution in [2.45, 2.75) is 25.4 Å². The summed E-state index contributed by atoms with van der Waals surface area (Å²) < 4.78 is 11.4. The summed E-state index contributed by atoms with van der Waals surface area (Å²) in [6.07, 6.45) is 1.52. The number of benzene rings is 2. The highest BCUT2D eigenvalue weighted by molar-refractivity contribution is 5.95. The fourth-order valence-corrected chi connectivity index (χ4v) is 3.83. The third-order valence-electron chi connectivity index (χ3n) is 5.09. The fourth-order valence-electron chi connectivity index (χ4n) is 3.83. The van der Waals surface area contributed by atoms with Crippen LogP contribution in [0.1, 0.15) is 34.3 Å². The van der Waals surface area contributed by atoms with Crippen molar-refractivity contribution >= 4 is 11.9 Å². The SMILES string of the molecule is Cc1cccc(OCC(=O)N2CCCC3(C2)OC(=O)c2ccccc23)c1. The molecule has 1 atom stereocenters. The Morgan fingerprint density at radius 3 is 2.92 bits per heavy atom. The van der Waals surface area contributed by atoms with Crippen molar-refractivity contribution in [3.63, 3.8) is 0 Å². The van der Waals surface area contributed by atoms with E-state index in [1.807, 2.05) is 49.4 Å². The van der Waals surface area contributed by atoms with Crippen LogP contribution in [0.3, 0.4) is 0 Å². The monoisotopic (exact) mass is 351 g/mol. The van der Waals surface area contributed by atoms with Crippen LogP contribution in [0, 0.1) is 6.92 Å². The van der Waals surface area contributed by atoms with Gasteiger partial charge in [-0.1, -0.05) is 30.3 Å². The summed E-state index contributed by atoms with van der Waals surface area (Å²) in [6.45, 7) is 2.99. The summed E-state index contributed by atoms with van der Waals surface area (Å²) in [5.41, 5.74) is 1.87. The minimum Gasteiger partial charge on any atom is -0.484 e. The Hall–Kier alpha value is -2.82. The number of carbonyl (C=O) groups excluding carboxylic acids is 2. The Kier molecular flexibility index (Phi) is 4.15. The number of esters is 1. The number of likely N-dealkylation sites (tertiary alicyclic amines) is 1. The lowest BCUT2D eigenvalue weighted by molar-refractivity contribution is -0.140. The van der Waals surface area contributed by atoms with Crippen molar-refractivity contribution in [2.24, 2.45) is 0 Å². The lowest BCUT2D eigenvalue weighted by Gasteiger charge is -2.39. The zero-order valence-electron chi connectivity index (χ0n) is 14.7. The lowest BCUT2D eigenvalue weighted by Crippen LogP contribution is -2.50. The van der Waals surface area contributed by atoms with Crippen LogP contribution in [0.15, 0.2) is 48.5 Å². The molecule has 0 saturated carbocycles. The quantitative estimate of drug-likeness (QED) is 0.798. The number of aryl methyl sites for hydroxylation is 1. The molecule has 1 spiro atoms. The number of nitrogens with zero attached hydrogens (tertiary/aromatic N) is 1. The Bertz CT molecular complexity index is 863. The number of rotatable bonds is 3. The van der Waals surface area contributed by atoms with Crippen molar-refractivity contribution < 1.29 is 19.1 Å². The Morgan fingerprint density at radius 1 is 1.23 bits per heavy atom. The van der Waals surface area contributed by atoms with Crippen LogP contribution in [-0.4, -0.2) is 36.5 Å². The average molecular weight is 351 g/mol. The highest BCUT2D eigenvalue weighted by Gasteiger charge is 2.48. The summed E-state index contributed by atoms with van der Waals surface area (Å²) >= 11 is 0. The molecule has 2 aliphatic heterocycles. The Labute approximate surface area is 152 Å². The van der Waals surface area contributed by atoms with Gasteiger partial charge in [-0.25, -0.2) is 4.79 Å². The molecule has 0 aliphatic carbocycles. The molecule has 2 aliphatic rings. The molecule has 0 N–H and O–H groups in total. The molecule has 4 rings (SSSR count). The number of carbonyl (C=O) groups is 2. The van der Waals surface area contributed by atoms with Crippen LogP contribution in [0.4, 0.5) is 0 Å². The second-order valence-corrected chi connectivity index (χ2v) is 6.95. The van der Waals surface area contributed by atoms with Crippen molar-refractivity contribution in [3.8, 4) is 5.75 Å². The summed E-state index contributed by atoms with van der Waals surface area (Å²) in [5.74, 6) is 0.291. The van der Waals surface area contributed by atoms with Crippen LogP contribution < -0.4 is 4.74 Å². The van der Waals surface area contributed by atoms with E-state index in [1.165, 1.54) is 0 Å². The van der Waals surface area contributed by atoms with Crippen molar-refractivity contribution in [1.29, 1.82) is 0 Å². The first-order chi connectivity index (χ1) is 12.6. The minimum absolute atomic E-state index is 0.0187. The van der Waals surface area contributed by atoms with Gasteiger partial charge < -0.3 is 14.4 Å². The molecule has 1 fully saturated rings. The molecule has 1 unspecified atom stereocenters. The van der Waals surface area contributed by atoms with Gasteiger partial charge in [0, 0.05) is 12.1 Å². The second-order valence-electron chi connectivity index (χ2n) is 6.95. The van der Waals surface area contributed by atoms with Gasteiger partial charge in [0.1, 0.15) is 5.75 Å². The van der Waals surface area contributed by atoms with Crippen LogP contribution in [-0.2, 0) is 15.1 Å². The topological polar surface area (TPSA) is 55.8 Å². The van der Waals surface area contributed by atoms with Gasteiger partial charge in [-0.2, -0.15) is 0 Å². The number of piperidine rings is 1. The maximum absolute atomic E-state index is 12.7. The first-order valence-corrected chi connectivity index (χ1v) is 8.87. The van der Waals surface area contributed by atoms with Gasteiger partial charge in [-0.15, -0.1) is 0 Å². The van der Waals surface area contributed by atoms with Gasteiger partial charge in [0.25, 0.3) is 5.91 Å². The summed E-state index contributed by atoms with van der Waals surface area (Å²) in [7, 11) is 0. The fraction of sp³-hybridized carbons (Fsp3) is 0.333. The zero-order chi connectivity index (χ0) is 18.1. The van der Waals surface area contributed by atoms with E-state index in [-0.39, 0.29) is 18.5 Å². The van der Waals surface area contributed by atoms with Gasteiger partial charge in [-0.3, -0.25) is 4.79 Å². The molecule has 2 aromatic rings. The minimum atomic E-state index is -0.717. The van der Waals surface area contributed by atoms with Crippen LogP contribution in [0.25, 0.3) is 0 Å². The van der Waals surface area contributed by atoms with E-state index < -0.39 is 5.60 Å². The molecular weight excluding hydrogens is 330 g/mol. The van der Waals surface area contributed by atoms with E-state index in [2.05, 4.69) is 0 Å². The van der Waals surface area contributed by atoms with Crippen LogP contribution in [0.5, 0.6) is 5.75 Å². The molecule has 2 heterocycles. The van der Waals surface area contributed by atoms with E-state index in [1.54, 1.807) is 11.0 Å². The van der Waals surface area contributed by atoms with E-state index in [0.29, 0.717) is 24.4 Å². The van der Waals surface area contributed by atoms with Gasteiger partial charge >= 0.3 is 5.97 Å². The molecule has 1 amide bonds. The standard InChI is InChI=1S/C21H21NO4/c1-15-6-4-7-16(12-15)25-13-19(23)22-11-5-10-21(14-22)18-9-3-2-8-17(18)20(24)26-21/h2-4,6-9,12H,5,10-11,13-14H2,1H3. The molecule has 5 heteroatoms. The lowest BCUT2D eigenvalue weighted by atomic mass is 9.85. The summed E-state index contributed by atoms with van der Waals surface area (Å²) in [4.78, 5) is 26.6. The summed E-state index contributed by atoms with van der Waals surface area (Å²) in [6, 6.07) is 15.1.